The van der Waals surface area contributed by atoms with Gasteiger partial charge in [0.15, 0.2) is 0 Å². The first kappa shape index (κ1) is 21.3. The number of aromatic nitrogens is 1. The molecule has 0 unspecified atom stereocenters. The van der Waals surface area contributed by atoms with Crippen molar-refractivity contribution in [3.8, 4) is 5.75 Å². The number of benzene rings is 2. The number of halogens is 1. The van der Waals surface area contributed by atoms with Crippen molar-refractivity contribution in [2.75, 3.05) is 25.5 Å². The maximum Gasteiger partial charge on any atom is 0.231 e. The van der Waals surface area contributed by atoms with E-state index < -0.39 is 0 Å². The predicted molar refractivity (Wildman–Crippen MR) is 119 cm³/mol. The summed E-state index contributed by atoms with van der Waals surface area (Å²) in [4.78, 5) is 18.9. The summed E-state index contributed by atoms with van der Waals surface area (Å²) in [5.74, 6) is 0.748. The zero-order valence-electron chi connectivity index (χ0n) is 16.5. The van der Waals surface area contributed by atoms with Crippen LogP contribution in [0.2, 0.25) is 5.02 Å². The molecule has 1 N–H and O–H groups in total. The zero-order valence-corrected chi connectivity index (χ0v) is 18.1. The van der Waals surface area contributed by atoms with Crippen molar-refractivity contribution in [3.05, 3.63) is 75.2 Å². The Hall–Kier alpha value is -2.41. The molecule has 0 bridgehead atoms. The lowest BCUT2D eigenvalue weighted by molar-refractivity contribution is -0.115. The minimum absolute atomic E-state index is 0.0560. The maximum atomic E-state index is 12.2. The summed E-state index contributed by atoms with van der Waals surface area (Å²) < 4.78 is 5.72. The van der Waals surface area contributed by atoms with E-state index >= 15 is 0 Å². The summed E-state index contributed by atoms with van der Waals surface area (Å²) in [5, 5.41) is 6.42. The van der Waals surface area contributed by atoms with Crippen molar-refractivity contribution in [1.29, 1.82) is 0 Å². The zero-order chi connectivity index (χ0) is 20.6. The third-order valence-corrected chi connectivity index (χ3v) is 5.38. The Morgan fingerprint density at radius 2 is 1.90 bits per heavy atom. The molecule has 3 aromatic rings. The number of nitrogens with one attached hydrogen (secondary N) is 1. The second-order valence-electron chi connectivity index (χ2n) is 6.86. The molecule has 0 aliphatic heterocycles. The van der Waals surface area contributed by atoms with Crippen LogP contribution in [0.5, 0.6) is 5.75 Å². The average molecular weight is 430 g/mol. The molecular weight excluding hydrogens is 406 g/mol. The van der Waals surface area contributed by atoms with E-state index in [2.05, 4.69) is 15.2 Å². The quantitative estimate of drug-likeness (QED) is 0.531. The van der Waals surface area contributed by atoms with Crippen LogP contribution < -0.4 is 10.1 Å². The number of likely N-dealkylation sites (N-methyl/N-ethyl adjacent to an activating group) is 1. The molecule has 3 rings (SSSR count). The number of hydrogen-bond acceptors (Lipinski definition) is 5. The second-order valence-corrected chi connectivity index (χ2v) is 8.24. The van der Waals surface area contributed by atoms with E-state index in [0.29, 0.717) is 18.2 Å². The smallest absolute Gasteiger partial charge is 0.231 e. The molecule has 7 heteroatoms. The number of carbonyl (C=O) groups is 1. The van der Waals surface area contributed by atoms with Gasteiger partial charge in [-0.15, -0.1) is 11.3 Å². The predicted octanol–water partition coefficient (Wildman–Crippen LogP) is 4.80. The Labute approximate surface area is 180 Å². The van der Waals surface area contributed by atoms with Gasteiger partial charge in [0.1, 0.15) is 17.4 Å². The first-order chi connectivity index (χ1) is 14.0. The second kappa shape index (κ2) is 10.4. The van der Waals surface area contributed by atoms with Crippen LogP contribution in [0.3, 0.4) is 0 Å². The third-order valence-electron chi connectivity index (χ3n) is 4.23. The van der Waals surface area contributed by atoms with E-state index in [9.17, 15) is 4.79 Å². The van der Waals surface area contributed by atoms with Gasteiger partial charge in [0.25, 0.3) is 0 Å². The van der Waals surface area contributed by atoms with Crippen LogP contribution in [0, 0.1) is 6.92 Å². The third kappa shape index (κ3) is 7.16. The minimum Gasteiger partial charge on any atom is -0.492 e. The van der Waals surface area contributed by atoms with Gasteiger partial charge in [-0.2, -0.15) is 0 Å². The van der Waals surface area contributed by atoms with Crippen LogP contribution in [0.25, 0.3) is 0 Å². The highest BCUT2D eigenvalue weighted by atomic mass is 35.5. The van der Waals surface area contributed by atoms with Gasteiger partial charge in [-0.1, -0.05) is 29.3 Å². The Balaban J connectivity index is 1.41. The van der Waals surface area contributed by atoms with Crippen molar-refractivity contribution >= 4 is 34.5 Å². The summed E-state index contributed by atoms with van der Waals surface area (Å²) in [6.45, 7) is 4.07. The fourth-order valence-electron chi connectivity index (χ4n) is 2.69. The van der Waals surface area contributed by atoms with Crippen LogP contribution in [0.1, 0.15) is 16.3 Å². The largest absolute Gasteiger partial charge is 0.492 e. The van der Waals surface area contributed by atoms with Gasteiger partial charge < -0.3 is 10.1 Å². The van der Waals surface area contributed by atoms with Crippen LogP contribution in [0.4, 0.5) is 5.69 Å². The summed E-state index contributed by atoms with van der Waals surface area (Å²) in [6, 6.07) is 15.1. The van der Waals surface area contributed by atoms with Gasteiger partial charge >= 0.3 is 0 Å². The molecule has 0 aliphatic carbocycles. The van der Waals surface area contributed by atoms with E-state index in [4.69, 9.17) is 16.3 Å². The van der Waals surface area contributed by atoms with Gasteiger partial charge in [-0.3, -0.25) is 9.69 Å². The molecule has 0 fully saturated rings. The lowest BCUT2D eigenvalue weighted by atomic mass is 10.2. The van der Waals surface area contributed by atoms with Crippen LogP contribution in [-0.2, 0) is 17.8 Å². The highest BCUT2D eigenvalue weighted by Gasteiger charge is 2.10. The molecular formula is C22H24ClN3O2S. The molecule has 0 saturated carbocycles. The summed E-state index contributed by atoms with van der Waals surface area (Å²) in [5.41, 5.74) is 2.93. The molecule has 0 aliphatic rings. The maximum absolute atomic E-state index is 12.2. The first-order valence-corrected chi connectivity index (χ1v) is 10.6. The number of hydrogen-bond donors (Lipinski definition) is 1. The van der Waals surface area contributed by atoms with E-state index in [-0.39, 0.29) is 12.3 Å². The Bertz CT molecular complexity index is 926. The fraction of sp³-hybridized carbons (Fsp3) is 0.273. The van der Waals surface area contributed by atoms with Gasteiger partial charge in [0, 0.05) is 29.2 Å². The molecule has 1 heterocycles. The van der Waals surface area contributed by atoms with Crippen LogP contribution >= 0.6 is 22.9 Å². The standard InChI is InChI=1S/C22H24ClN3O2S/c1-16-3-7-18(8-4-16)24-21(27)13-22-25-19(15-29-22)14-26(2)11-12-28-20-9-5-17(23)6-10-20/h3-10,15H,11-14H2,1-2H3,(H,24,27). The number of rotatable bonds is 9. The van der Waals surface area contributed by atoms with Crippen molar-refractivity contribution in [2.24, 2.45) is 0 Å². The van der Waals surface area contributed by atoms with E-state index in [0.717, 1.165) is 34.2 Å². The highest BCUT2D eigenvalue weighted by molar-refractivity contribution is 7.09. The number of thiazole rings is 1. The average Bonchev–Trinajstić information content (AvgIpc) is 3.11. The van der Waals surface area contributed by atoms with Gasteiger partial charge in [-0.25, -0.2) is 4.98 Å². The van der Waals surface area contributed by atoms with E-state index in [1.165, 1.54) is 11.3 Å². The molecule has 0 spiro atoms. The Kier molecular flexibility index (Phi) is 7.63. The van der Waals surface area contributed by atoms with Crippen LogP contribution in [0.15, 0.2) is 53.9 Å². The van der Waals surface area contributed by atoms with Gasteiger partial charge in [0.2, 0.25) is 5.91 Å². The number of nitrogens with zero attached hydrogens (tertiary/aromatic N) is 2. The van der Waals surface area contributed by atoms with Crippen molar-refractivity contribution in [2.45, 2.75) is 19.9 Å². The minimum atomic E-state index is -0.0560. The monoisotopic (exact) mass is 429 g/mol. The molecule has 1 aromatic heterocycles. The van der Waals surface area contributed by atoms with Gasteiger partial charge in [-0.05, 0) is 50.4 Å². The number of aryl methyl sites for hydroxylation is 1. The van der Waals surface area contributed by atoms with Crippen LogP contribution in [-0.4, -0.2) is 36.0 Å². The molecule has 29 heavy (non-hydrogen) atoms. The molecule has 5 nitrogen and oxygen atoms in total. The lowest BCUT2D eigenvalue weighted by Gasteiger charge is -2.15. The normalized spacial score (nSPS) is 10.9. The molecule has 1 amide bonds. The number of ether oxygens (including phenoxy) is 1. The number of anilines is 1. The van der Waals surface area contributed by atoms with Crippen molar-refractivity contribution < 1.29 is 9.53 Å². The van der Waals surface area contributed by atoms with Gasteiger partial charge in [0.05, 0.1) is 12.1 Å². The van der Waals surface area contributed by atoms with Crippen molar-refractivity contribution in [1.82, 2.24) is 9.88 Å². The summed E-state index contributed by atoms with van der Waals surface area (Å²) >= 11 is 7.38. The van der Waals surface area contributed by atoms with Crippen molar-refractivity contribution in [3.63, 3.8) is 0 Å². The first-order valence-electron chi connectivity index (χ1n) is 9.34. The van der Waals surface area contributed by atoms with E-state index in [1.807, 2.05) is 67.9 Å². The van der Waals surface area contributed by atoms with E-state index in [1.54, 1.807) is 0 Å². The molecule has 152 valence electrons. The molecule has 0 radical (unpaired) electrons. The highest BCUT2D eigenvalue weighted by Crippen LogP contribution is 2.16. The summed E-state index contributed by atoms with van der Waals surface area (Å²) in [7, 11) is 2.02. The SMILES string of the molecule is Cc1ccc(NC(=O)Cc2nc(CN(C)CCOc3ccc(Cl)cc3)cs2)cc1. The summed E-state index contributed by atoms with van der Waals surface area (Å²) in [6.07, 6.45) is 0.280. The molecule has 0 atom stereocenters. The number of carbonyl (C=O) groups excluding carboxylic acids is 1. The Morgan fingerprint density at radius 1 is 1.17 bits per heavy atom. The Morgan fingerprint density at radius 3 is 2.62 bits per heavy atom. The lowest BCUT2D eigenvalue weighted by Crippen LogP contribution is -2.24. The molecule has 0 saturated heterocycles. The number of amides is 1. The topological polar surface area (TPSA) is 54.5 Å². The fourth-order valence-corrected chi connectivity index (χ4v) is 3.60. The molecule has 2 aromatic carbocycles.